The highest BCUT2D eigenvalue weighted by Gasteiger charge is 2.60. The first kappa shape index (κ1) is 19.1. The molecule has 0 heterocycles. The van der Waals surface area contributed by atoms with Crippen LogP contribution < -0.4 is 0 Å². The molecule has 120 valence electrons. The molecule has 0 aliphatic rings. The van der Waals surface area contributed by atoms with Crippen molar-refractivity contribution in [3.05, 3.63) is 0 Å². The summed E-state index contributed by atoms with van der Waals surface area (Å²) in [5.74, 6) is -5.94. The number of carbonyl (C=O) groups is 1. The van der Waals surface area contributed by atoms with Gasteiger partial charge in [0, 0.05) is 6.42 Å². The van der Waals surface area contributed by atoms with Crippen molar-refractivity contribution in [1.29, 1.82) is 0 Å². The Morgan fingerprint density at radius 3 is 2.10 bits per heavy atom. The van der Waals surface area contributed by atoms with Crippen LogP contribution in [0.2, 0.25) is 0 Å². The van der Waals surface area contributed by atoms with Crippen LogP contribution in [0.1, 0.15) is 33.1 Å². The van der Waals surface area contributed by atoms with Gasteiger partial charge in [0.1, 0.15) is 0 Å². The van der Waals surface area contributed by atoms with Crippen molar-refractivity contribution in [2.24, 2.45) is 5.92 Å². The molecule has 0 bridgehead atoms. The quantitative estimate of drug-likeness (QED) is 0.296. The maximum Gasteiger partial charge on any atom is 0.396 e. The van der Waals surface area contributed by atoms with Crippen LogP contribution in [0.25, 0.3) is 0 Å². The van der Waals surface area contributed by atoms with Crippen LogP contribution in [0.5, 0.6) is 0 Å². The van der Waals surface area contributed by atoms with Crippen molar-refractivity contribution < 1.29 is 40.1 Å². The third-order valence-electron chi connectivity index (χ3n) is 2.34. The zero-order chi connectivity index (χ0) is 16.2. The Hall–Kier alpha value is -0.900. The van der Waals surface area contributed by atoms with Gasteiger partial charge < -0.3 is 9.29 Å². The predicted octanol–water partition coefficient (Wildman–Crippen LogP) is 2.13. The lowest BCUT2D eigenvalue weighted by Gasteiger charge is -2.28. The fourth-order valence-electron chi connectivity index (χ4n) is 1.12. The zero-order valence-electron chi connectivity index (χ0n) is 10.9. The number of hydrogen-bond donors (Lipinski definition) is 0. The van der Waals surface area contributed by atoms with Gasteiger partial charge in [0.05, 0.1) is 12.5 Å². The summed E-state index contributed by atoms with van der Waals surface area (Å²) in [4.78, 5) is 11.0. The van der Waals surface area contributed by atoms with Gasteiger partial charge in [0.2, 0.25) is 0 Å². The van der Waals surface area contributed by atoms with E-state index in [2.05, 4.69) is 4.74 Å². The largest absolute Gasteiger partial charge is 0.743 e. The van der Waals surface area contributed by atoms with Gasteiger partial charge >= 0.3 is 17.1 Å². The van der Waals surface area contributed by atoms with E-state index < -0.39 is 46.0 Å². The fourth-order valence-corrected chi connectivity index (χ4v) is 1.58. The van der Waals surface area contributed by atoms with Gasteiger partial charge in [-0.15, -0.1) is 0 Å². The molecule has 0 aliphatic carbocycles. The lowest BCUT2D eigenvalue weighted by Crippen LogP contribution is -2.46. The minimum absolute atomic E-state index is 0.150. The SMILES string of the molecule is CC(C)C(=O)OCCCCC(F)(F)C(F)(F)S(=O)(=O)[O-]. The molecule has 0 rings (SSSR count). The number of rotatable bonds is 8. The van der Waals surface area contributed by atoms with Crippen LogP contribution in [0.4, 0.5) is 17.6 Å². The maximum atomic E-state index is 13.0. The number of ether oxygens (including phenoxy) is 1. The predicted molar refractivity (Wildman–Crippen MR) is 59.2 cm³/mol. The van der Waals surface area contributed by atoms with Gasteiger partial charge in [0.15, 0.2) is 10.1 Å². The van der Waals surface area contributed by atoms with Crippen molar-refractivity contribution in [2.45, 2.75) is 44.3 Å². The average Bonchev–Trinajstić information content (AvgIpc) is 2.26. The molecule has 0 aromatic rings. The Balaban J connectivity index is 4.29. The lowest BCUT2D eigenvalue weighted by molar-refractivity contribution is -0.165. The Morgan fingerprint density at radius 1 is 1.20 bits per heavy atom. The molecule has 20 heavy (non-hydrogen) atoms. The molecule has 0 spiro atoms. The van der Waals surface area contributed by atoms with E-state index in [1.807, 2.05) is 0 Å². The van der Waals surface area contributed by atoms with E-state index in [9.17, 15) is 35.3 Å². The zero-order valence-corrected chi connectivity index (χ0v) is 11.7. The number of hydrogen-bond acceptors (Lipinski definition) is 5. The van der Waals surface area contributed by atoms with Crippen molar-refractivity contribution in [3.8, 4) is 0 Å². The second kappa shape index (κ2) is 6.70. The molecule has 0 radical (unpaired) electrons. The average molecular weight is 323 g/mol. The van der Waals surface area contributed by atoms with E-state index in [0.717, 1.165) is 0 Å². The van der Waals surface area contributed by atoms with Crippen LogP contribution in [0, 0.1) is 5.92 Å². The van der Waals surface area contributed by atoms with Crippen LogP contribution in [-0.2, 0) is 19.6 Å². The number of esters is 1. The lowest BCUT2D eigenvalue weighted by atomic mass is 10.1. The molecule has 0 N–H and O–H groups in total. The third-order valence-corrected chi connectivity index (χ3v) is 3.27. The first-order valence-corrected chi connectivity index (χ1v) is 7.11. The number of halogens is 4. The Bertz CT molecular complexity index is 433. The maximum absolute atomic E-state index is 13.0. The summed E-state index contributed by atoms with van der Waals surface area (Å²) in [5, 5.41) is -5.66. The first-order valence-electron chi connectivity index (χ1n) is 5.70. The van der Waals surface area contributed by atoms with E-state index in [1.54, 1.807) is 13.8 Å². The summed E-state index contributed by atoms with van der Waals surface area (Å²) < 4.78 is 86.3. The van der Waals surface area contributed by atoms with Crippen molar-refractivity contribution in [3.63, 3.8) is 0 Å². The smallest absolute Gasteiger partial charge is 0.396 e. The summed E-state index contributed by atoms with van der Waals surface area (Å²) >= 11 is 0. The summed E-state index contributed by atoms with van der Waals surface area (Å²) in [6, 6.07) is 0. The van der Waals surface area contributed by atoms with Gasteiger partial charge in [-0.05, 0) is 12.8 Å². The standard InChI is InChI=1S/C10H16F4O5S/c1-7(2)8(15)19-6-4-3-5-9(11,12)10(13,14)20(16,17)18/h7H,3-6H2,1-2H3,(H,16,17,18)/p-1. The van der Waals surface area contributed by atoms with Crippen LogP contribution in [0.15, 0.2) is 0 Å². The van der Waals surface area contributed by atoms with Crippen molar-refractivity contribution in [2.75, 3.05) is 6.61 Å². The van der Waals surface area contributed by atoms with E-state index in [1.165, 1.54) is 0 Å². The molecule has 0 saturated heterocycles. The molecule has 0 atom stereocenters. The Labute approximate surface area is 114 Å². The van der Waals surface area contributed by atoms with E-state index in [4.69, 9.17) is 0 Å². The first-order chi connectivity index (χ1) is 8.83. The highest BCUT2D eigenvalue weighted by atomic mass is 32.2. The van der Waals surface area contributed by atoms with Gasteiger partial charge in [-0.1, -0.05) is 13.8 Å². The minimum Gasteiger partial charge on any atom is -0.743 e. The second-order valence-electron chi connectivity index (χ2n) is 4.45. The summed E-state index contributed by atoms with van der Waals surface area (Å²) in [6.45, 7) is 2.86. The Kier molecular flexibility index (Phi) is 6.40. The Morgan fingerprint density at radius 2 is 1.70 bits per heavy atom. The highest BCUT2D eigenvalue weighted by Crippen LogP contribution is 2.41. The normalized spacial score (nSPS) is 13.6. The molecular weight excluding hydrogens is 308 g/mol. The molecule has 0 unspecified atom stereocenters. The summed E-state index contributed by atoms with van der Waals surface area (Å²) in [5.41, 5.74) is 0. The molecule has 0 aliphatic heterocycles. The van der Waals surface area contributed by atoms with E-state index in [0.29, 0.717) is 0 Å². The number of alkyl halides is 4. The molecule has 0 aromatic carbocycles. The van der Waals surface area contributed by atoms with Gasteiger partial charge in [-0.25, -0.2) is 8.42 Å². The molecule has 0 aromatic heterocycles. The third kappa shape index (κ3) is 4.89. The van der Waals surface area contributed by atoms with E-state index >= 15 is 0 Å². The van der Waals surface area contributed by atoms with Crippen molar-refractivity contribution >= 4 is 16.1 Å². The second-order valence-corrected chi connectivity index (χ2v) is 5.88. The number of carbonyl (C=O) groups excluding carboxylic acids is 1. The monoisotopic (exact) mass is 323 g/mol. The molecule has 0 amide bonds. The van der Waals surface area contributed by atoms with Gasteiger partial charge in [-0.2, -0.15) is 17.6 Å². The fraction of sp³-hybridized carbons (Fsp3) is 0.900. The minimum atomic E-state index is -6.45. The van der Waals surface area contributed by atoms with Crippen LogP contribution in [0.3, 0.4) is 0 Å². The van der Waals surface area contributed by atoms with Gasteiger partial charge in [-0.3, -0.25) is 4.79 Å². The summed E-state index contributed by atoms with van der Waals surface area (Å²) in [7, 11) is -6.45. The molecular formula is C10H15F4O5S-. The highest BCUT2D eigenvalue weighted by molar-refractivity contribution is 7.86. The number of unbranched alkanes of at least 4 members (excludes halogenated alkanes) is 1. The molecule has 5 nitrogen and oxygen atoms in total. The van der Waals surface area contributed by atoms with Gasteiger partial charge in [0.25, 0.3) is 0 Å². The molecule has 10 heteroatoms. The van der Waals surface area contributed by atoms with E-state index in [-0.39, 0.29) is 13.0 Å². The summed E-state index contributed by atoms with van der Waals surface area (Å²) in [6.07, 6.45) is -2.17. The topological polar surface area (TPSA) is 83.5 Å². The van der Waals surface area contributed by atoms with Crippen LogP contribution in [-0.4, -0.2) is 36.7 Å². The molecule has 0 saturated carbocycles. The van der Waals surface area contributed by atoms with Crippen LogP contribution >= 0.6 is 0 Å². The molecule has 0 fully saturated rings. The van der Waals surface area contributed by atoms with Crippen molar-refractivity contribution in [1.82, 2.24) is 0 Å².